The molecule has 0 aromatic carbocycles. The number of carbonyl (C=O) groups excluding carboxylic acids is 2. The highest BCUT2D eigenvalue weighted by molar-refractivity contribution is 5.77. The van der Waals surface area contributed by atoms with Gasteiger partial charge in [0.1, 0.15) is 5.60 Å². The van der Waals surface area contributed by atoms with E-state index in [1.54, 1.807) is 41.8 Å². The Bertz CT molecular complexity index is 256. The summed E-state index contributed by atoms with van der Waals surface area (Å²) >= 11 is 0. The Kier molecular flexibility index (Phi) is 5.27. The summed E-state index contributed by atoms with van der Waals surface area (Å²) in [7, 11) is 3.37. The van der Waals surface area contributed by atoms with Gasteiger partial charge >= 0.3 is 6.09 Å². The van der Waals surface area contributed by atoms with Gasteiger partial charge in [0.05, 0.1) is 0 Å². The van der Waals surface area contributed by atoms with Gasteiger partial charge in [0, 0.05) is 26.6 Å². The van der Waals surface area contributed by atoms with Crippen molar-refractivity contribution in [3.63, 3.8) is 0 Å². The van der Waals surface area contributed by atoms with Gasteiger partial charge in [0.15, 0.2) is 0 Å². The Hall–Kier alpha value is -1.26. The molecule has 0 spiro atoms. The molecule has 5 nitrogen and oxygen atoms in total. The summed E-state index contributed by atoms with van der Waals surface area (Å²) in [6.07, 6.45) is -0.224. The zero-order valence-electron chi connectivity index (χ0n) is 11.0. The molecule has 16 heavy (non-hydrogen) atoms. The fraction of sp³-hybridized carbons (Fsp3) is 0.818. The second-order valence-electron chi connectivity index (χ2n) is 5.04. The summed E-state index contributed by atoms with van der Waals surface area (Å²) in [5.74, 6) is -0.0245. The first-order valence-electron chi connectivity index (χ1n) is 5.31. The monoisotopic (exact) mass is 230 g/mol. The third kappa shape index (κ3) is 7.09. The number of nitrogens with one attached hydrogen (secondary N) is 1. The first-order valence-corrected chi connectivity index (χ1v) is 5.31. The van der Waals surface area contributed by atoms with Gasteiger partial charge in [0.2, 0.25) is 5.91 Å². The molecule has 0 heterocycles. The average molecular weight is 230 g/mol. The summed E-state index contributed by atoms with van der Waals surface area (Å²) < 4.78 is 5.08. The SMILES string of the molecule is C[C@@H](CC(=O)N(C)C)NC(=O)OC(C)(C)C. The van der Waals surface area contributed by atoms with Crippen LogP contribution in [-0.2, 0) is 9.53 Å². The highest BCUT2D eigenvalue weighted by Gasteiger charge is 2.19. The molecule has 1 atom stereocenters. The molecule has 0 aromatic rings. The summed E-state index contributed by atoms with van der Waals surface area (Å²) in [4.78, 5) is 24.2. The zero-order chi connectivity index (χ0) is 12.9. The van der Waals surface area contributed by atoms with Crippen LogP contribution in [0.4, 0.5) is 4.79 Å². The molecule has 0 aromatic heterocycles. The van der Waals surface area contributed by atoms with Crippen molar-refractivity contribution in [2.75, 3.05) is 14.1 Å². The summed E-state index contributed by atoms with van der Waals surface area (Å²) in [6, 6.07) is -0.232. The number of rotatable bonds is 3. The minimum Gasteiger partial charge on any atom is -0.444 e. The molecule has 0 bridgehead atoms. The molecule has 0 aliphatic carbocycles. The van der Waals surface area contributed by atoms with Crippen LogP contribution in [0.25, 0.3) is 0 Å². The van der Waals surface area contributed by atoms with Crippen LogP contribution in [0, 0.1) is 0 Å². The molecule has 5 heteroatoms. The fourth-order valence-electron chi connectivity index (χ4n) is 1.00. The topological polar surface area (TPSA) is 58.6 Å². The number of carbonyl (C=O) groups is 2. The van der Waals surface area contributed by atoms with Crippen molar-refractivity contribution in [2.45, 2.75) is 45.8 Å². The lowest BCUT2D eigenvalue weighted by Gasteiger charge is -2.22. The largest absolute Gasteiger partial charge is 0.444 e. The van der Waals surface area contributed by atoms with Gasteiger partial charge in [-0.05, 0) is 27.7 Å². The average Bonchev–Trinajstić information content (AvgIpc) is 1.98. The highest BCUT2D eigenvalue weighted by Crippen LogP contribution is 2.07. The van der Waals surface area contributed by atoms with E-state index in [1.165, 1.54) is 4.90 Å². The molecule has 0 fully saturated rings. The molecule has 94 valence electrons. The van der Waals surface area contributed by atoms with E-state index < -0.39 is 11.7 Å². The maximum atomic E-state index is 11.4. The van der Waals surface area contributed by atoms with Gasteiger partial charge in [-0.3, -0.25) is 4.79 Å². The van der Waals surface area contributed by atoms with Gasteiger partial charge in [-0.15, -0.1) is 0 Å². The smallest absolute Gasteiger partial charge is 0.407 e. The standard InChI is InChI=1S/C11H22N2O3/c1-8(7-9(14)13(5)6)12-10(15)16-11(2,3)4/h8H,7H2,1-6H3,(H,12,15)/t8-/m0/s1. The Balaban J connectivity index is 4.01. The first kappa shape index (κ1) is 14.7. The van der Waals surface area contributed by atoms with E-state index in [0.717, 1.165) is 0 Å². The van der Waals surface area contributed by atoms with Crippen LogP contribution in [0.15, 0.2) is 0 Å². The predicted octanol–water partition coefficient (Wildman–Crippen LogP) is 1.38. The molecular weight excluding hydrogens is 208 g/mol. The Morgan fingerprint density at radius 3 is 2.19 bits per heavy atom. The Labute approximate surface area is 97.1 Å². The second kappa shape index (κ2) is 5.72. The minimum absolute atomic E-state index is 0.0245. The second-order valence-corrected chi connectivity index (χ2v) is 5.04. The van der Waals surface area contributed by atoms with Crippen LogP contribution in [0.5, 0.6) is 0 Å². The van der Waals surface area contributed by atoms with Crippen LogP contribution >= 0.6 is 0 Å². The lowest BCUT2D eigenvalue weighted by atomic mass is 10.2. The zero-order valence-corrected chi connectivity index (χ0v) is 11.0. The predicted molar refractivity (Wildman–Crippen MR) is 62.1 cm³/mol. The third-order valence-corrected chi connectivity index (χ3v) is 1.74. The summed E-state index contributed by atoms with van der Waals surface area (Å²) in [6.45, 7) is 7.15. The van der Waals surface area contributed by atoms with Crippen molar-refractivity contribution in [1.82, 2.24) is 10.2 Å². The Morgan fingerprint density at radius 1 is 1.31 bits per heavy atom. The van der Waals surface area contributed by atoms with Crippen molar-refractivity contribution in [1.29, 1.82) is 0 Å². The number of amides is 2. The lowest BCUT2D eigenvalue weighted by molar-refractivity contribution is -0.129. The lowest BCUT2D eigenvalue weighted by Crippen LogP contribution is -2.40. The van der Waals surface area contributed by atoms with Crippen molar-refractivity contribution in [3.05, 3.63) is 0 Å². The van der Waals surface area contributed by atoms with Crippen molar-refractivity contribution in [2.24, 2.45) is 0 Å². The van der Waals surface area contributed by atoms with Crippen LogP contribution in [-0.4, -0.2) is 42.6 Å². The summed E-state index contributed by atoms with van der Waals surface area (Å²) in [5, 5.41) is 2.61. The molecular formula is C11H22N2O3. The van der Waals surface area contributed by atoms with Gasteiger partial charge < -0.3 is 15.0 Å². The third-order valence-electron chi connectivity index (χ3n) is 1.74. The van der Waals surface area contributed by atoms with Crippen molar-refractivity contribution in [3.8, 4) is 0 Å². The maximum absolute atomic E-state index is 11.4. The van der Waals surface area contributed by atoms with E-state index >= 15 is 0 Å². The van der Waals surface area contributed by atoms with E-state index in [9.17, 15) is 9.59 Å². The molecule has 0 radical (unpaired) electrons. The van der Waals surface area contributed by atoms with Gasteiger partial charge in [0.25, 0.3) is 0 Å². The van der Waals surface area contributed by atoms with E-state index in [-0.39, 0.29) is 18.4 Å². The molecule has 0 saturated heterocycles. The quantitative estimate of drug-likeness (QED) is 0.796. The number of alkyl carbamates (subject to hydrolysis) is 1. The fourth-order valence-corrected chi connectivity index (χ4v) is 1.00. The normalized spacial score (nSPS) is 12.9. The molecule has 0 saturated carbocycles. The number of hydrogen-bond donors (Lipinski definition) is 1. The van der Waals surface area contributed by atoms with E-state index in [0.29, 0.717) is 0 Å². The first-order chi connectivity index (χ1) is 7.11. The van der Waals surface area contributed by atoms with Crippen LogP contribution in [0.1, 0.15) is 34.1 Å². The summed E-state index contributed by atoms with van der Waals surface area (Å²) in [5.41, 5.74) is -0.518. The van der Waals surface area contributed by atoms with E-state index in [2.05, 4.69) is 5.32 Å². The van der Waals surface area contributed by atoms with Crippen molar-refractivity contribution >= 4 is 12.0 Å². The van der Waals surface area contributed by atoms with E-state index in [4.69, 9.17) is 4.74 Å². The van der Waals surface area contributed by atoms with Gasteiger partial charge in [-0.25, -0.2) is 4.79 Å². The maximum Gasteiger partial charge on any atom is 0.407 e. The molecule has 2 amide bonds. The number of nitrogens with zero attached hydrogens (tertiary/aromatic N) is 1. The number of ether oxygens (including phenoxy) is 1. The van der Waals surface area contributed by atoms with Gasteiger partial charge in [-0.1, -0.05) is 0 Å². The molecule has 1 N–H and O–H groups in total. The number of hydrogen-bond acceptors (Lipinski definition) is 3. The van der Waals surface area contributed by atoms with Crippen LogP contribution < -0.4 is 5.32 Å². The van der Waals surface area contributed by atoms with Crippen molar-refractivity contribution < 1.29 is 14.3 Å². The highest BCUT2D eigenvalue weighted by atomic mass is 16.6. The molecule has 0 aliphatic rings. The molecule has 0 rings (SSSR count). The van der Waals surface area contributed by atoms with Gasteiger partial charge in [-0.2, -0.15) is 0 Å². The Morgan fingerprint density at radius 2 is 1.81 bits per heavy atom. The van der Waals surface area contributed by atoms with Crippen LogP contribution in [0.3, 0.4) is 0 Å². The minimum atomic E-state index is -0.518. The van der Waals surface area contributed by atoms with Crippen LogP contribution in [0.2, 0.25) is 0 Å². The molecule has 0 unspecified atom stereocenters. The van der Waals surface area contributed by atoms with E-state index in [1.807, 2.05) is 0 Å². The molecule has 0 aliphatic heterocycles.